The highest BCUT2D eigenvalue weighted by Gasteiger charge is 2.31. The number of amides is 2. The summed E-state index contributed by atoms with van der Waals surface area (Å²) in [6.45, 7) is 5.12. The summed E-state index contributed by atoms with van der Waals surface area (Å²) in [5, 5.41) is 2.82. The van der Waals surface area contributed by atoms with Crippen molar-refractivity contribution in [1.29, 1.82) is 0 Å². The second-order valence-corrected chi connectivity index (χ2v) is 9.20. The van der Waals surface area contributed by atoms with Crippen LogP contribution in [0.4, 0.5) is 4.79 Å². The Morgan fingerprint density at radius 1 is 1.30 bits per heavy atom. The molecule has 2 rings (SSSR count). The highest BCUT2D eigenvalue weighted by molar-refractivity contribution is 7.91. The first-order chi connectivity index (χ1) is 10.9. The van der Waals surface area contributed by atoms with Crippen LogP contribution in [0.3, 0.4) is 0 Å². The Kier molecular flexibility index (Phi) is 6.71. The molecule has 1 aliphatic carbocycles. The number of urea groups is 1. The zero-order chi connectivity index (χ0) is 16.9. The lowest BCUT2D eigenvalue weighted by Gasteiger charge is -2.38. The summed E-state index contributed by atoms with van der Waals surface area (Å²) < 4.78 is 29.2. The molecule has 0 spiro atoms. The van der Waals surface area contributed by atoms with E-state index in [-0.39, 0.29) is 29.7 Å². The molecule has 1 N–H and O–H groups in total. The summed E-state index contributed by atoms with van der Waals surface area (Å²) in [7, 11) is -3.08. The fourth-order valence-corrected chi connectivity index (χ4v) is 4.57. The van der Waals surface area contributed by atoms with E-state index in [1.54, 1.807) is 18.7 Å². The second-order valence-electron chi connectivity index (χ2n) is 6.80. The van der Waals surface area contributed by atoms with Crippen LogP contribution in [0.5, 0.6) is 0 Å². The Balaban J connectivity index is 1.84. The van der Waals surface area contributed by atoms with Crippen molar-refractivity contribution in [2.45, 2.75) is 58.1 Å². The van der Waals surface area contributed by atoms with Crippen LogP contribution >= 0.6 is 0 Å². The second kappa shape index (κ2) is 8.33. The van der Waals surface area contributed by atoms with Crippen molar-refractivity contribution < 1.29 is 17.9 Å². The number of carbonyl (C=O) groups excluding carboxylic acids is 1. The molecule has 0 aromatic carbocycles. The lowest BCUT2D eigenvalue weighted by atomic mass is 9.84. The van der Waals surface area contributed by atoms with E-state index in [0.29, 0.717) is 25.6 Å². The Morgan fingerprint density at radius 2 is 2.00 bits per heavy atom. The maximum absolute atomic E-state index is 12.4. The molecule has 0 unspecified atom stereocenters. The summed E-state index contributed by atoms with van der Waals surface area (Å²) in [5.41, 5.74) is 0. The van der Waals surface area contributed by atoms with E-state index < -0.39 is 9.84 Å². The van der Waals surface area contributed by atoms with Gasteiger partial charge in [-0.1, -0.05) is 26.2 Å². The van der Waals surface area contributed by atoms with Gasteiger partial charge in [-0.25, -0.2) is 13.2 Å². The molecule has 7 heteroatoms. The Morgan fingerprint density at radius 3 is 2.65 bits per heavy atom. The average Bonchev–Trinajstić information content (AvgIpc) is 2.55. The predicted molar refractivity (Wildman–Crippen MR) is 90.2 cm³/mol. The standard InChI is InChI=1S/C16H30N2O4S/c1-3-23(20,21)12-13(2)17-16(19)18-9-10-22-15(11-18)14-7-5-4-6-8-14/h13-15H,3-12H2,1-2H3,(H,17,19)/t13-,15+/m1/s1. The quantitative estimate of drug-likeness (QED) is 0.823. The van der Waals surface area contributed by atoms with Gasteiger partial charge in [-0.15, -0.1) is 0 Å². The largest absolute Gasteiger partial charge is 0.374 e. The molecule has 2 amide bonds. The third-order valence-corrected chi connectivity index (χ3v) is 6.76. The van der Waals surface area contributed by atoms with Crippen LogP contribution in [0.1, 0.15) is 46.0 Å². The van der Waals surface area contributed by atoms with Crippen LogP contribution in [-0.2, 0) is 14.6 Å². The third kappa shape index (κ3) is 5.64. The molecule has 1 saturated heterocycles. The molecule has 6 nitrogen and oxygen atoms in total. The third-order valence-electron chi connectivity index (χ3n) is 4.87. The summed E-state index contributed by atoms with van der Waals surface area (Å²) in [5.74, 6) is 0.650. The number of rotatable bonds is 5. The van der Waals surface area contributed by atoms with Gasteiger partial charge in [0, 0.05) is 24.9 Å². The van der Waals surface area contributed by atoms with E-state index in [1.807, 2.05) is 0 Å². The van der Waals surface area contributed by atoms with E-state index in [2.05, 4.69) is 5.32 Å². The van der Waals surface area contributed by atoms with Crippen molar-refractivity contribution in [2.75, 3.05) is 31.2 Å². The first-order valence-electron chi connectivity index (χ1n) is 8.78. The van der Waals surface area contributed by atoms with Crippen LogP contribution in [0.25, 0.3) is 0 Å². The monoisotopic (exact) mass is 346 g/mol. The molecular formula is C16H30N2O4S. The molecule has 1 aliphatic heterocycles. The van der Waals surface area contributed by atoms with Crippen LogP contribution in [-0.4, -0.2) is 62.7 Å². The van der Waals surface area contributed by atoms with E-state index >= 15 is 0 Å². The number of morpholine rings is 1. The molecule has 134 valence electrons. The van der Waals surface area contributed by atoms with Gasteiger partial charge in [0.1, 0.15) is 0 Å². The van der Waals surface area contributed by atoms with Gasteiger partial charge in [-0.3, -0.25) is 0 Å². The minimum absolute atomic E-state index is 0.00830. The molecule has 2 atom stereocenters. The fraction of sp³-hybridized carbons (Fsp3) is 0.938. The van der Waals surface area contributed by atoms with E-state index in [4.69, 9.17) is 4.74 Å². The van der Waals surface area contributed by atoms with Gasteiger partial charge in [0.05, 0.1) is 18.5 Å². The zero-order valence-corrected chi connectivity index (χ0v) is 15.1. The summed E-state index contributed by atoms with van der Waals surface area (Å²) in [6, 6.07) is -0.545. The molecule has 0 aromatic rings. The lowest BCUT2D eigenvalue weighted by molar-refractivity contribution is -0.0526. The smallest absolute Gasteiger partial charge is 0.317 e. The van der Waals surface area contributed by atoms with Crippen LogP contribution in [0.2, 0.25) is 0 Å². The van der Waals surface area contributed by atoms with E-state index in [0.717, 1.165) is 0 Å². The lowest BCUT2D eigenvalue weighted by Crippen LogP contribution is -2.53. The number of hydrogen-bond donors (Lipinski definition) is 1. The molecular weight excluding hydrogens is 316 g/mol. The maximum Gasteiger partial charge on any atom is 0.317 e. The molecule has 23 heavy (non-hydrogen) atoms. The average molecular weight is 346 g/mol. The van der Waals surface area contributed by atoms with Crippen molar-refractivity contribution >= 4 is 15.9 Å². The number of carbonyl (C=O) groups is 1. The number of nitrogens with one attached hydrogen (secondary N) is 1. The van der Waals surface area contributed by atoms with Gasteiger partial charge >= 0.3 is 6.03 Å². The number of sulfone groups is 1. The van der Waals surface area contributed by atoms with Gasteiger partial charge in [0.2, 0.25) is 0 Å². The normalized spacial score (nSPS) is 25.1. The number of ether oxygens (including phenoxy) is 1. The first-order valence-corrected chi connectivity index (χ1v) is 10.6. The number of hydrogen-bond acceptors (Lipinski definition) is 4. The summed E-state index contributed by atoms with van der Waals surface area (Å²) in [4.78, 5) is 14.2. The van der Waals surface area contributed by atoms with Gasteiger partial charge in [-0.05, 0) is 25.7 Å². The van der Waals surface area contributed by atoms with Gasteiger partial charge in [0.25, 0.3) is 0 Å². The molecule has 2 aliphatic rings. The summed E-state index contributed by atoms with van der Waals surface area (Å²) >= 11 is 0. The first kappa shape index (κ1) is 18.5. The Hall–Kier alpha value is -0.820. The SMILES string of the molecule is CCS(=O)(=O)C[C@@H](C)NC(=O)N1CCO[C@H](C2CCCCC2)C1. The zero-order valence-electron chi connectivity index (χ0n) is 14.3. The molecule has 2 fully saturated rings. The molecule has 0 radical (unpaired) electrons. The van der Waals surface area contributed by atoms with Crippen molar-refractivity contribution in [1.82, 2.24) is 10.2 Å². The van der Waals surface area contributed by atoms with Crippen molar-refractivity contribution in [3.63, 3.8) is 0 Å². The topological polar surface area (TPSA) is 75.7 Å². The van der Waals surface area contributed by atoms with Crippen LogP contribution in [0, 0.1) is 5.92 Å². The van der Waals surface area contributed by atoms with Crippen LogP contribution in [0.15, 0.2) is 0 Å². The molecule has 1 heterocycles. The van der Waals surface area contributed by atoms with Crippen molar-refractivity contribution in [2.24, 2.45) is 5.92 Å². The summed E-state index contributed by atoms with van der Waals surface area (Å²) in [6.07, 6.45) is 6.31. The number of nitrogens with zero attached hydrogens (tertiary/aromatic N) is 1. The van der Waals surface area contributed by atoms with E-state index in [9.17, 15) is 13.2 Å². The van der Waals surface area contributed by atoms with Crippen LogP contribution < -0.4 is 5.32 Å². The van der Waals surface area contributed by atoms with Gasteiger partial charge in [0.15, 0.2) is 9.84 Å². The highest BCUT2D eigenvalue weighted by Crippen LogP contribution is 2.29. The molecule has 0 aromatic heterocycles. The highest BCUT2D eigenvalue weighted by atomic mass is 32.2. The minimum atomic E-state index is -3.08. The van der Waals surface area contributed by atoms with Crippen molar-refractivity contribution in [3.05, 3.63) is 0 Å². The van der Waals surface area contributed by atoms with Crippen molar-refractivity contribution in [3.8, 4) is 0 Å². The molecule has 0 bridgehead atoms. The Bertz CT molecular complexity index is 488. The maximum atomic E-state index is 12.4. The predicted octanol–water partition coefficient (Wildman–Crippen LogP) is 1.80. The fourth-order valence-electron chi connectivity index (χ4n) is 3.49. The molecule has 1 saturated carbocycles. The van der Waals surface area contributed by atoms with Gasteiger partial charge in [-0.2, -0.15) is 0 Å². The van der Waals surface area contributed by atoms with Gasteiger partial charge < -0.3 is 15.0 Å². The van der Waals surface area contributed by atoms with E-state index in [1.165, 1.54) is 32.1 Å². The minimum Gasteiger partial charge on any atom is -0.374 e. The Labute approximate surface area is 139 Å².